The Kier molecular flexibility index (Phi) is 5.39. The number of methoxy groups -OCH3 is 2. The lowest BCUT2D eigenvalue weighted by Gasteiger charge is -2.10. The number of anilines is 1. The van der Waals surface area contributed by atoms with Crippen LogP contribution in [0.4, 0.5) is 5.69 Å². The highest BCUT2D eigenvalue weighted by molar-refractivity contribution is 7.12. The van der Waals surface area contributed by atoms with Crippen molar-refractivity contribution in [2.45, 2.75) is 6.92 Å². The number of hydrogen-bond acceptors (Lipinski definition) is 5. The summed E-state index contributed by atoms with van der Waals surface area (Å²) in [5.41, 5.74) is 0.567. The Labute approximate surface area is 138 Å². The van der Waals surface area contributed by atoms with Gasteiger partial charge < -0.3 is 14.8 Å². The van der Waals surface area contributed by atoms with Gasteiger partial charge in [-0.3, -0.25) is 4.79 Å². The number of rotatable bonds is 5. The average Bonchev–Trinajstić information content (AvgIpc) is 2.97. The van der Waals surface area contributed by atoms with Gasteiger partial charge in [0, 0.05) is 21.5 Å². The molecule has 23 heavy (non-hydrogen) atoms. The molecule has 1 heterocycles. The molecule has 0 saturated heterocycles. The van der Waals surface area contributed by atoms with E-state index in [2.05, 4.69) is 5.32 Å². The largest absolute Gasteiger partial charge is 0.493 e. The van der Waals surface area contributed by atoms with Crippen molar-refractivity contribution >= 4 is 29.0 Å². The van der Waals surface area contributed by atoms with Crippen molar-refractivity contribution in [3.8, 4) is 17.6 Å². The summed E-state index contributed by atoms with van der Waals surface area (Å²) in [4.78, 5) is 14.2. The molecule has 2 rings (SSSR count). The first kappa shape index (κ1) is 16.6. The van der Waals surface area contributed by atoms with Crippen LogP contribution in [0.2, 0.25) is 0 Å². The maximum atomic E-state index is 12.2. The summed E-state index contributed by atoms with van der Waals surface area (Å²) in [6.45, 7) is 1.97. The Morgan fingerprint density at radius 1 is 1.22 bits per heavy atom. The van der Waals surface area contributed by atoms with Gasteiger partial charge in [-0.15, -0.1) is 11.3 Å². The molecule has 1 aromatic carbocycles. The van der Waals surface area contributed by atoms with Crippen molar-refractivity contribution in [1.29, 1.82) is 5.26 Å². The molecule has 1 aromatic heterocycles. The van der Waals surface area contributed by atoms with E-state index in [-0.39, 0.29) is 5.57 Å². The van der Waals surface area contributed by atoms with Crippen molar-refractivity contribution in [1.82, 2.24) is 0 Å². The number of nitrogens with one attached hydrogen (secondary N) is 1. The molecular weight excluding hydrogens is 312 g/mol. The number of ether oxygens (including phenoxy) is 2. The molecule has 1 N–H and O–H groups in total. The van der Waals surface area contributed by atoms with Crippen LogP contribution in [-0.4, -0.2) is 20.1 Å². The first-order chi connectivity index (χ1) is 11.1. The van der Waals surface area contributed by atoms with Crippen LogP contribution in [0.5, 0.6) is 11.5 Å². The SMILES string of the molecule is COc1ccc(NC(=O)/C(C#N)=C/c2ccc(C)s2)cc1OC. The van der Waals surface area contributed by atoms with E-state index in [1.165, 1.54) is 25.6 Å². The molecule has 118 valence electrons. The predicted octanol–water partition coefficient (Wildman–Crippen LogP) is 3.62. The van der Waals surface area contributed by atoms with E-state index in [9.17, 15) is 10.1 Å². The maximum absolute atomic E-state index is 12.2. The molecule has 0 saturated carbocycles. The Bertz CT molecular complexity index is 787. The van der Waals surface area contributed by atoms with Crippen LogP contribution in [0, 0.1) is 18.3 Å². The minimum atomic E-state index is -0.467. The number of thiophene rings is 1. The van der Waals surface area contributed by atoms with Gasteiger partial charge in [-0.1, -0.05) is 0 Å². The Hall–Kier alpha value is -2.78. The normalized spacial score (nSPS) is 10.8. The zero-order valence-electron chi connectivity index (χ0n) is 13.0. The topological polar surface area (TPSA) is 71.3 Å². The highest BCUT2D eigenvalue weighted by Gasteiger charge is 2.12. The van der Waals surface area contributed by atoms with Gasteiger partial charge >= 0.3 is 0 Å². The average molecular weight is 328 g/mol. The summed E-state index contributed by atoms with van der Waals surface area (Å²) in [5, 5.41) is 11.9. The van der Waals surface area contributed by atoms with E-state index in [4.69, 9.17) is 9.47 Å². The van der Waals surface area contributed by atoms with Crippen molar-refractivity contribution in [3.63, 3.8) is 0 Å². The maximum Gasteiger partial charge on any atom is 0.266 e. The van der Waals surface area contributed by atoms with Gasteiger partial charge in [0.2, 0.25) is 0 Å². The van der Waals surface area contributed by atoms with E-state index < -0.39 is 5.91 Å². The second-order valence-corrected chi connectivity index (χ2v) is 5.96. The number of carbonyl (C=O) groups excluding carboxylic acids is 1. The molecule has 0 aliphatic carbocycles. The lowest BCUT2D eigenvalue weighted by molar-refractivity contribution is -0.112. The quantitative estimate of drug-likeness (QED) is 0.672. The third-order valence-corrected chi connectivity index (χ3v) is 4.00. The number of carbonyl (C=O) groups is 1. The summed E-state index contributed by atoms with van der Waals surface area (Å²) >= 11 is 1.52. The Balaban J connectivity index is 2.20. The zero-order valence-corrected chi connectivity index (χ0v) is 13.9. The third kappa shape index (κ3) is 4.11. The van der Waals surface area contributed by atoms with Crippen molar-refractivity contribution in [3.05, 3.63) is 45.7 Å². The van der Waals surface area contributed by atoms with Crippen molar-refractivity contribution < 1.29 is 14.3 Å². The fourth-order valence-electron chi connectivity index (χ4n) is 1.93. The molecule has 0 unspecified atom stereocenters. The molecule has 0 radical (unpaired) electrons. The van der Waals surface area contributed by atoms with E-state index in [1.54, 1.807) is 24.3 Å². The van der Waals surface area contributed by atoms with Crippen LogP contribution < -0.4 is 14.8 Å². The number of nitrogens with zero attached hydrogens (tertiary/aromatic N) is 1. The minimum Gasteiger partial charge on any atom is -0.493 e. The van der Waals surface area contributed by atoms with Gasteiger partial charge in [-0.25, -0.2) is 0 Å². The molecular formula is C17H16N2O3S. The van der Waals surface area contributed by atoms with Crippen LogP contribution in [0.25, 0.3) is 6.08 Å². The highest BCUT2D eigenvalue weighted by atomic mass is 32.1. The molecule has 5 nitrogen and oxygen atoms in total. The van der Waals surface area contributed by atoms with Gasteiger partial charge in [0.1, 0.15) is 11.6 Å². The smallest absolute Gasteiger partial charge is 0.266 e. The summed E-state index contributed by atoms with van der Waals surface area (Å²) in [7, 11) is 3.05. The lowest BCUT2D eigenvalue weighted by atomic mass is 10.2. The summed E-state index contributed by atoms with van der Waals surface area (Å²) in [6.07, 6.45) is 1.58. The van der Waals surface area contributed by atoms with Gasteiger partial charge in [0.15, 0.2) is 11.5 Å². The van der Waals surface area contributed by atoms with Gasteiger partial charge in [-0.2, -0.15) is 5.26 Å². The Morgan fingerprint density at radius 3 is 2.52 bits per heavy atom. The van der Waals surface area contributed by atoms with E-state index in [0.29, 0.717) is 17.2 Å². The zero-order chi connectivity index (χ0) is 16.8. The van der Waals surface area contributed by atoms with Crippen molar-refractivity contribution in [2.24, 2.45) is 0 Å². The second-order valence-electron chi connectivity index (χ2n) is 4.64. The summed E-state index contributed by atoms with van der Waals surface area (Å²) in [5.74, 6) is 0.600. The number of benzene rings is 1. The standard InChI is InChI=1S/C17H16N2O3S/c1-11-4-6-14(23-11)8-12(10-18)17(20)19-13-5-7-15(21-2)16(9-13)22-3/h4-9H,1-3H3,(H,19,20)/b12-8+. The molecule has 0 aliphatic heterocycles. The summed E-state index contributed by atoms with van der Waals surface area (Å²) in [6, 6.07) is 10.8. The van der Waals surface area contributed by atoms with E-state index in [0.717, 1.165) is 9.75 Å². The van der Waals surface area contributed by atoms with Crippen molar-refractivity contribution in [2.75, 3.05) is 19.5 Å². The highest BCUT2D eigenvalue weighted by Crippen LogP contribution is 2.30. The molecule has 2 aromatic rings. The predicted molar refractivity (Wildman–Crippen MR) is 90.8 cm³/mol. The molecule has 0 spiro atoms. The summed E-state index contributed by atoms with van der Waals surface area (Å²) < 4.78 is 10.3. The molecule has 1 amide bonds. The van der Waals surface area contributed by atoms with Crippen LogP contribution in [-0.2, 0) is 4.79 Å². The second kappa shape index (κ2) is 7.47. The fraction of sp³-hybridized carbons (Fsp3) is 0.176. The third-order valence-electron chi connectivity index (χ3n) is 3.05. The van der Waals surface area contributed by atoms with E-state index in [1.807, 2.05) is 25.1 Å². The number of amides is 1. The van der Waals surface area contributed by atoms with E-state index >= 15 is 0 Å². The minimum absolute atomic E-state index is 0.0432. The number of aryl methyl sites for hydroxylation is 1. The van der Waals surface area contributed by atoms with Crippen LogP contribution in [0.1, 0.15) is 9.75 Å². The number of hydrogen-bond donors (Lipinski definition) is 1. The van der Waals surface area contributed by atoms with Crippen LogP contribution in [0.15, 0.2) is 35.9 Å². The van der Waals surface area contributed by atoms with Crippen LogP contribution >= 0.6 is 11.3 Å². The fourth-order valence-corrected chi connectivity index (χ4v) is 2.75. The van der Waals surface area contributed by atoms with Gasteiger partial charge in [0.25, 0.3) is 5.91 Å². The molecule has 0 aliphatic rings. The number of nitriles is 1. The lowest BCUT2D eigenvalue weighted by Crippen LogP contribution is -2.13. The molecule has 6 heteroatoms. The first-order valence-electron chi connectivity index (χ1n) is 6.79. The molecule has 0 atom stereocenters. The van der Waals surface area contributed by atoms with Gasteiger partial charge in [0.05, 0.1) is 14.2 Å². The van der Waals surface area contributed by atoms with Gasteiger partial charge in [-0.05, 0) is 37.3 Å². The molecule has 0 bridgehead atoms. The monoisotopic (exact) mass is 328 g/mol. The van der Waals surface area contributed by atoms with Crippen LogP contribution in [0.3, 0.4) is 0 Å². The molecule has 0 fully saturated rings. The first-order valence-corrected chi connectivity index (χ1v) is 7.60. The Morgan fingerprint density at radius 2 is 1.96 bits per heavy atom.